The summed E-state index contributed by atoms with van der Waals surface area (Å²) >= 11 is 1.64. The Kier molecular flexibility index (Phi) is 8.72. The van der Waals surface area contributed by atoms with Gasteiger partial charge in [-0.2, -0.15) is 0 Å². The van der Waals surface area contributed by atoms with Gasteiger partial charge in [-0.1, -0.05) is 0 Å². The summed E-state index contributed by atoms with van der Waals surface area (Å²) in [6, 6.07) is 4.31. The number of nitrogens with zero attached hydrogens (tertiary/aromatic N) is 3. The minimum Gasteiger partial charge on any atom is -0.496 e. The number of anilines is 1. The molecule has 192 valence electrons. The number of fused-ring (bicyclic) bond motifs is 1. The fourth-order valence-corrected chi connectivity index (χ4v) is 5.67. The monoisotopic (exact) mass is 505 g/mol. The predicted octanol–water partition coefficient (Wildman–Crippen LogP) is 4.26. The summed E-state index contributed by atoms with van der Waals surface area (Å²) in [6.45, 7) is 3.53. The zero-order valence-corrected chi connectivity index (χ0v) is 22.0. The van der Waals surface area contributed by atoms with E-state index in [0.717, 1.165) is 66.4 Å². The second-order valence-corrected chi connectivity index (χ2v) is 9.25. The Bertz CT molecular complexity index is 1080. The SMILES string of the molecule is COCCCN(c1c(OC)nn2c(-c3c(OC)cc(COC)cc3OC)csc12)C1CCOCC1. The van der Waals surface area contributed by atoms with Crippen molar-refractivity contribution in [3.05, 3.63) is 23.1 Å². The van der Waals surface area contributed by atoms with Gasteiger partial charge in [-0.3, -0.25) is 0 Å². The molecule has 0 unspecified atom stereocenters. The number of hydrogen-bond donors (Lipinski definition) is 0. The van der Waals surface area contributed by atoms with Crippen LogP contribution in [0.3, 0.4) is 0 Å². The average Bonchev–Trinajstić information content (AvgIpc) is 3.46. The van der Waals surface area contributed by atoms with E-state index in [0.29, 0.717) is 36.6 Å². The molecule has 3 aromatic rings. The molecule has 0 bridgehead atoms. The molecule has 1 fully saturated rings. The van der Waals surface area contributed by atoms with Gasteiger partial charge in [0.25, 0.3) is 5.88 Å². The highest BCUT2D eigenvalue weighted by Gasteiger charge is 2.30. The molecule has 0 amide bonds. The fraction of sp³-hybridized carbons (Fsp3) is 0.560. The number of aromatic nitrogens is 2. The van der Waals surface area contributed by atoms with E-state index in [2.05, 4.69) is 10.3 Å². The standard InChI is InChI=1S/C25H35N3O6S/c1-29-10-6-9-27(18-7-11-34-12-8-18)23-24(33-5)26-28-19(16-35-25(23)28)22-20(31-3)13-17(15-30-2)14-21(22)32-4/h13-14,16,18H,6-12,15H2,1-5H3. The lowest BCUT2D eigenvalue weighted by atomic mass is 10.1. The molecule has 1 saturated heterocycles. The molecule has 10 heteroatoms. The number of benzene rings is 1. The van der Waals surface area contributed by atoms with Crippen molar-refractivity contribution < 1.29 is 28.4 Å². The van der Waals surface area contributed by atoms with Crippen LogP contribution in [0, 0.1) is 0 Å². The molecule has 4 rings (SSSR count). The van der Waals surface area contributed by atoms with Gasteiger partial charge >= 0.3 is 0 Å². The number of thiazole rings is 1. The van der Waals surface area contributed by atoms with E-state index in [1.807, 2.05) is 16.6 Å². The molecule has 0 N–H and O–H groups in total. The van der Waals surface area contributed by atoms with Crippen LogP contribution in [0.5, 0.6) is 17.4 Å². The highest BCUT2D eigenvalue weighted by atomic mass is 32.1. The van der Waals surface area contributed by atoms with E-state index in [4.69, 9.17) is 33.5 Å². The molecule has 35 heavy (non-hydrogen) atoms. The van der Waals surface area contributed by atoms with Gasteiger partial charge in [-0.05, 0) is 37.0 Å². The van der Waals surface area contributed by atoms with E-state index < -0.39 is 0 Å². The second kappa shape index (κ2) is 11.9. The molecule has 1 aliphatic rings. The molecule has 1 aliphatic heterocycles. The maximum atomic E-state index is 5.81. The number of rotatable bonds is 12. The van der Waals surface area contributed by atoms with E-state index >= 15 is 0 Å². The van der Waals surface area contributed by atoms with E-state index in [1.165, 1.54) is 0 Å². The Balaban J connectivity index is 1.83. The van der Waals surface area contributed by atoms with Crippen LogP contribution in [0.4, 0.5) is 5.69 Å². The largest absolute Gasteiger partial charge is 0.496 e. The smallest absolute Gasteiger partial charge is 0.258 e. The fourth-order valence-electron chi connectivity index (χ4n) is 4.68. The molecule has 9 nitrogen and oxygen atoms in total. The molecule has 1 aromatic carbocycles. The molecule has 0 atom stereocenters. The first-order chi connectivity index (χ1) is 17.2. The maximum Gasteiger partial charge on any atom is 0.258 e. The minimum atomic E-state index is 0.352. The molecule has 0 saturated carbocycles. The summed E-state index contributed by atoms with van der Waals surface area (Å²) in [5, 5.41) is 6.98. The molecule has 0 spiro atoms. The topological polar surface area (TPSA) is 75.9 Å². The third-order valence-corrected chi connectivity index (χ3v) is 7.22. The number of hydrogen-bond acceptors (Lipinski definition) is 9. The Morgan fingerprint density at radius 1 is 1.03 bits per heavy atom. The van der Waals surface area contributed by atoms with Crippen LogP contribution in [0.2, 0.25) is 0 Å². The quantitative estimate of drug-likeness (QED) is 0.338. The van der Waals surface area contributed by atoms with Crippen molar-refractivity contribution in [3.8, 4) is 28.6 Å². The Hall–Kier alpha value is -2.53. The summed E-state index contributed by atoms with van der Waals surface area (Å²) in [6.07, 6.45) is 2.85. The molecule has 3 heterocycles. The van der Waals surface area contributed by atoms with Crippen molar-refractivity contribution in [1.82, 2.24) is 9.61 Å². The lowest BCUT2D eigenvalue weighted by Crippen LogP contribution is -2.40. The van der Waals surface area contributed by atoms with Crippen LogP contribution in [0.1, 0.15) is 24.8 Å². The normalized spacial score (nSPS) is 14.4. The zero-order valence-electron chi connectivity index (χ0n) is 21.2. The predicted molar refractivity (Wildman–Crippen MR) is 137 cm³/mol. The van der Waals surface area contributed by atoms with Crippen LogP contribution in [-0.2, 0) is 20.8 Å². The molecule has 2 aromatic heterocycles. The van der Waals surface area contributed by atoms with E-state index in [-0.39, 0.29) is 0 Å². The summed E-state index contributed by atoms with van der Waals surface area (Å²) < 4.78 is 35.6. The summed E-state index contributed by atoms with van der Waals surface area (Å²) in [5.41, 5.74) is 3.71. The van der Waals surface area contributed by atoms with Crippen LogP contribution in [0.15, 0.2) is 17.5 Å². The number of ether oxygens (including phenoxy) is 6. The summed E-state index contributed by atoms with van der Waals surface area (Å²) in [5.74, 6) is 2.01. The lowest BCUT2D eigenvalue weighted by molar-refractivity contribution is 0.0838. The van der Waals surface area contributed by atoms with Gasteiger partial charge in [0.2, 0.25) is 0 Å². The van der Waals surface area contributed by atoms with Gasteiger partial charge in [-0.15, -0.1) is 16.4 Å². The Morgan fingerprint density at radius 3 is 2.34 bits per heavy atom. The molecule has 0 aliphatic carbocycles. The van der Waals surface area contributed by atoms with Gasteiger partial charge in [0.15, 0.2) is 0 Å². The van der Waals surface area contributed by atoms with Crippen LogP contribution in [-0.4, -0.2) is 77.6 Å². The lowest BCUT2D eigenvalue weighted by Gasteiger charge is -2.35. The van der Waals surface area contributed by atoms with Gasteiger partial charge < -0.3 is 33.3 Å². The maximum absolute atomic E-state index is 5.81. The zero-order chi connectivity index (χ0) is 24.8. The third-order valence-electron chi connectivity index (χ3n) is 6.29. The van der Waals surface area contributed by atoms with Crippen LogP contribution < -0.4 is 19.1 Å². The van der Waals surface area contributed by atoms with E-state index in [9.17, 15) is 0 Å². The Morgan fingerprint density at radius 2 is 1.74 bits per heavy atom. The highest BCUT2D eigenvalue weighted by molar-refractivity contribution is 7.16. The van der Waals surface area contributed by atoms with Gasteiger partial charge in [0.05, 0.1) is 39.2 Å². The van der Waals surface area contributed by atoms with Crippen molar-refractivity contribution >= 4 is 21.9 Å². The van der Waals surface area contributed by atoms with Crippen molar-refractivity contribution in [1.29, 1.82) is 0 Å². The number of methoxy groups -OCH3 is 5. The van der Waals surface area contributed by atoms with Crippen LogP contribution >= 0.6 is 11.3 Å². The first kappa shape index (κ1) is 25.6. The molecule has 0 radical (unpaired) electrons. The van der Waals surface area contributed by atoms with Crippen molar-refractivity contribution in [2.45, 2.75) is 31.9 Å². The van der Waals surface area contributed by atoms with E-state index in [1.54, 1.807) is 46.9 Å². The average molecular weight is 506 g/mol. The minimum absolute atomic E-state index is 0.352. The third kappa shape index (κ3) is 5.20. The van der Waals surface area contributed by atoms with Gasteiger partial charge in [0.1, 0.15) is 22.0 Å². The van der Waals surface area contributed by atoms with Gasteiger partial charge in [0, 0.05) is 52.0 Å². The molecular weight excluding hydrogens is 470 g/mol. The second-order valence-electron chi connectivity index (χ2n) is 8.39. The van der Waals surface area contributed by atoms with Crippen molar-refractivity contribution in [2.24, 2.45) is 0 Å². The highest BCUT2D eigenvalue weighted by Crippen LogP contribution is 2.45. The first-order valence-corrected chi connectivity index (χ1v) is 12.7. The molecular formula is C25H35N3O6S. The Labute approximate surface area is 210 Å². The summed E-state index contributed by atoms with van der Waals surface area (Å²) in [7, 11) is 8.41. The van der Waals surface area contributed by atoms with Gasteiger partial charge in [-0.25, -0.2) is 4.52 Å². The van der Waals surface area contributed by atoms with Crippen LogP contribution in [0.25, 0.3) is 16.1 Å². The van der Waals surface area contributed by atoms with Crippen molar-refractivity contribution in [3.63, 3.8) is 0 Å². The van der Waals surface area contributed by atoms with Crippen molar-refractivity contribution in [2.75, 3.05) is 66.8 Å². The first-order valence-electron chi connectivity index (χ1n) is 11.8. The summed E-state index contributed by atoms with van der Waals surface area (Å²) in [4.78, 5) is 3.45.